The molecule has 4 heteroatoms. The number of carbonyl (C=O) groups excluding carboxylic acids is 1. The highest BCUT2D eigenvalue weighted by Crippen LogP contribution is 2.23. The van der Waals surface area contributed by atoms with Gasteiger partial charge >= 0.3 is 0 Å². The molecule has 2 unspecified atom stereocenters. The molecule has 2 aromatic carbocycles. The minimum absolute atomic E-state index is 0.124. The fourth-order valence-corrected chi connectivity index (χ4v) is 3.76. The molecule has 150 valence electrons. The Morgan fingerprint density at radius 2 is 1.93 bits per heavy atom. The first-order valence-corrected chi connectivity index (χ1v) is 10.4. The summed E-state index contributed by atoms with van der Waals surface area (Å²) in [6.45, 7) is 9.51. The summed E-state index contributed by atoms with van der Waals surface area (Å²) >= 11 is 0. The monoisotopic (exact) mass is 380 g/mol. The average Bonchev–Trinajstić information content (AvgIpc) is 2.74. The van der Waals surface area contributed by atoms with Gasteiger partial charge < -0.3 is 10.1 Å². The Hall–Kier alpha value is -2.17. The van der Waals surface area contributed by atoms with Gasteiger partial charge in [-0.25, -0.2) is 0 Å². The molecule has 1 N–H and O–H groups in total. The molecule has 0 aliphatic carbocycles. The van der Waals surface area contributed by atoms with E-state index in [9.17, 15) is 4.79 Å². The highest BCUT2D eigenvalue weighted by Gasteiger charge is 2.30. The molecule has 1 fully saturated rings. The van der Waals surface area contributed by atoms with Gasteiger partial charge in [-0.3, -0.25) is 9.69 Å². The number of rotatable bonds is 8. The van der Waals surface area contributed by atoms with Gasteiger partial charge in [-0.05, 0) is 42.5 Å². The number of ketones is 1. The summed E-state index contributed by atoms with van der Waals surface area (Å²) in [7, 11) is 0. The molecule has 3 rings (SSSR count). The number of piperazine rings is 1. The van der Waals surface area contributed by atoms with E-state index in [0.717, 1.165) is 44.8 Å². The number of Topliss-reactive ketones (excluding diaryl/α,β-unsaturated/α-hetero) is 1. The van der Waals surface area contributed by atoms with E-state index in [1.165, 1.54) is 16.7 Å². The summed E-state index contributed by atoms with van der Waals surface area (Å²) in [4.78, 5) is 15.4. The lowest BCUT2D eigenvalue weighted by molar-refractivity contribution is -0.128. The SMILES string of the molecule is CCc1ccc(OC(C)C(=O)C2CN(Cc3ccccc3)CCN2)c(CC)c1. The first-order chi connectivity index (χ1) is 13.6. The minimum atomic E-state index is -0.466. The fourth-order valence-electron chi connectivity index (χ4n) is 3.76. The van der Waals surface area contributed by atoms with Crippen LogP contribution in [0.3, 0.4) is 0 Å². The summed E-state index contributed by atoms with van der Waals surface area (Å²) in [5.41, 5.74) is 3.75. The van der Waals surface area contributed by atoms with Crippen molar-refractivity contribution in [2.75, 3.05) is 19.6 Å². The Morgan fingerprint density at radius 1 is 1.14 bits per heavy atom. The van der Waals surface area contributed by atoms with Gasteiger partial charge in [0.15, 0.2) is 11.9 Å². The zero-order chi connectivity index (χ0) is 19.9. The number of ether oxygens (including phenoxy) is 1. The van der Waals surface area contributed by atoms with Crippen LogP contribution in [0.4, 0.5) is 0 Å². The third-order valence-electron chi connectivity index (χ3n) is 5.47. The standard InChI is InChI=1S/C24H32N2O2/c1-4-19-11-12-23(21(5-2)15-19)28-18(3)24(27)22-17-26(14-13-25-22)16-20-9-7-6-8-10-20/h6-12,15,18,22,25H,4-5,13-14,16-17H2,1-3H3. The van der Waals surface area contributed by atoms with E-state index < -0.39 is 6.10 Å². The van der Waals surface area contributed by atoms with Gasteiger partial charge in [-0.1, -0.05) is 56.3 Å². The lowest BCUT2D eigenvalue weighted by Gasteiger charge is -2.34. The number of benzene rings is 2. The van der Waals surface area contributed by atoms with Crippen molar-refractivity contribution in [2.45, 2.75) is 52.3 Å². The molecule has 4 nitrogen and oxygen atoms in total. The predicted molar refractivity (Wildman–Crippen MR) is 114 cm³/mol. The number of hydrogen-bond acceptors (Lipinski definition) is 4. The van der Waals surface area contributed by atoms with Crippen LogP contribution in [0.1, 0.15) is 37.5 Å². The molecule has 0 spiro atoms. The summed E-state index contributed by atoms with van der Waals surface area (Å²) in [6.07, 6.45) is 1.44. The van der Waals surface area contributed by atoms with Crippen molar-refractivity contribution in [3.63, 3.8) is 0 Å². The van der Waals surface area contributed by atoms with E-state index in [2.05, 4.69) is 60.5 Å². The van der Waals surface area contributed by atoms with Crippen LogP contribution < -0.4 is 10.1 Å². The molecular weight excluding hydrogens is 348 g/mol. The second-order valence-corrected chi connectivity index (χ2v) is 7.54. The van der Waals surface area contributed by atoms with Crippen molar-refractivity contribution >= 4 is 5.78 Å². The molecule has 0 amide bonds. The summed E-state index contributed by atoms with van der Waals surface area (Å²) < 4.78 is 6.10. The fraction of sp³-hybridized carbons (Fsp3) is 0.458. The summed E-state index contributed by atoms with van der Waals surface area (Å²) in [5, 5.41) is 3.38. The van der Waals surface area contributed by atoms with Crippen LogP contribution in [0.5, 0.6) is 5.75 Å². The third-order valence-corrected chi connectivity index (χ3v) is 5.47. The Kier molecular flexibility index (Phi) is 7.24. The lowest BCUT2D eigenvalue weighted by atomic mass is 10.0. The number of carbonyl (C=O) groups is 1. The molecule has 0 bridgehead atoms. The van der Waals surface area contributed by atoms with Crippen LogP contribution in [0, 0.1) is 0 Å². The predicted octanol–water partition coefficient (Wildman–Crippen LogP) is 3.62. The second kappa shape index (κ2) is 9.85. The Labute approximate surface area is 168 Å². The van der Waals surface area contributed by atoms with Gasteiger partial charge in [0.2, 0.25) is 0 Å². The van der Waals surface area contributed by atoms with Crippen LogP contribution in [0.15, 0.2) is 48.5 Å². The van der Waals surface area contributed by atoms with Crippen LogP contribution in [0.2, 0.25) is 0 Å². The normalized spacial score (nSPS) is 18.6. The van der Waals surface area contributed by atoms with Crippen molar-refractivity contribution in [3.8, 4) is 5.75 Å². The Morgan fingerprint density at radius 3 is 2.64 bits per heavy atom. The van der Waals surface area contributed by atoms with E-state index in [1.807, 2.05) is 19.1 Å². The van der Waals surface area contributed by atoms with Gasteiger partial charge in [0.05, 0.1) is 6.04 Å². The number of nitrogens with one attached hydrogen (secondary N) is 1. The van der Waals surface area contributed by atoms with Crippen LogP contribution in [-0.4, -0.2) is 42.5 Å². The number of aryl methyl sites for hydroxylation is 2. The molecule has 0 radical (unpaired) electrons. The molecule has 2 aromatic rings. The molecule has 0 aromatic heterocycles. The van der Waals surface area contributed by atoms with Crippen molar-refractivity contribution < 1.29 is 9.53 Å². The lowest BCUT2D eigenvalue weighted by Crippen LogP contribution is -2.56. The molecule has 1 heterocycles. The number of nitrogens with zero attached hydrogens (tertiary/aromatic N) is 1. The minimum Gasteiger partial charge on any atom is -0.483 e. The molecule has 28 heavy (non-hydrogen) atoms. The third kappa shape index (κ3) is 5.21. The molecule has 1 aliphatic heterocycles. The molecule has 0 saturated carbocycles. The quantitative estimate of drug-likeness (QED) is 0.759. The smallest absolute Gasteiger partial charge is 0.191 e. The number of hydrogen-bond donors (Lipinski definition) is 1. The van der Waals surface area contributed by atoms with E-state index in [4.69, 9.17) is 4.74 Å². The van der Waals surface area contributed by atoms with Gasteiger partial charge in [-0.2, -0.15) is 0 Å². The Balaban J connectivity index is 1.61. The van der Waals surface area contributed by atoms with E-state index >= 15 is 0 Å². The van der Waals surface area contributed by atoms with Crippen LogP contribution in [0.25, 0.3) is 0 Å². The van der Waals surface area contributed by atoms with Crippen LogP contribution in [-0.2, 0) is 24.2 Å². The maximum absolute atomic E-state index is 13.0. The van der Waals surface area contributed by atoms with Gasteiger partial charge in [-0.15, -0.1) is 0 Å². The van der Waals surface area contributed by atoms with Crippen molar-refractivity contribution in [1.29, 1.82) is 0 Å². The van der Waals surface area contributed by atoms with Gasteiger partial charge in [0.1, 0.15) is 5.75 Å². The molecule has 2 atom stereocenters. The van der Waals surface area contributed by atoms with Crippen molar-refractivity contribution in [2.24, 2.45) is 0 Å². The highest BCUT2D eigenvalue weighted by atomic mass is 16.5. The highest BCUT2D eigenvalue weighted by molar-refractivity contribution is 5.88. The van der Waals surface area contributed by atoms with E-state index in [0.29, 0.717) is 0 Å². The molecule has 1 saturated heterocycles. The summed E-state index contributed by atoms with van der Waals surface area (Å²) in [5.74, 6) is 0.955. The zero-order valence-electron chi connectivity index (χ0n) is 17.3. The van der Waals surface area contributed by atoms with Crippen molar-refractivity contribution in [1.82, 2.24) is 10.2 Å². The van der Waals surface area contributed by atoms with Crippen molar-refractivity contribution in [3.05, 3.63) is 65.2 Å². The zero-order valence-corrected chi connectivity index (χ0v) is 17.3. The summed E-state index contributed by atoms with van der Waals surface area (Å²) in [6, 6.07) is 16.5. The molecule has 1 aliphatic rings. The van der Waals surface area contributed by atoms with E-state index in [1.54, 1.807) is 0 Å². The average molecular weight is 381 g/mol. The first kappa shape index (κ1) is 20.6. The van der Waals surface area contributed by atoms with Crippen LogP contribution >= 0.6 is 0 Å². The van der Waals surface area contributed by atoms with E-state index in [-0.39, 0.29) is 11.8 Å². The Bertz CT molecular complexity index is 775. The first-order valence-electron chi connectivity index (χ1n) is 10.4. The van der Waals surface area contributed by atoms with Gasteiger partial charge in [0.25, 0.3) is 0 Å². The topological polar surface area (TPSA) is 41.6 Å². The molecular formula is C24H32N2O2. The van der Waals surface area contributed by atoms with Gasteiger partial charge in [0, 0.05) is 26.2 Å². The second-order valence-electron chi connectivity index (χ2n) is 7.54. The maximum atomic E-state index is 13.0. The largest absolute Gasteiger partial charge is 0.483 e. The maximum Gasteiger partial charge on any atom is 0.191 e.